The van der Waals surface area contributed by atoms with E-state index in [4.69, 9.17) is 33.1 Å². The van der Waals surface area contributed by atoms with Gasteiger partial charge in [0, 0.05) is 12.5 Å². The van der Waals surface area contributed by atoms with E-state index in [1.54, 1.807) is 0 Å². The molecule has 0 aromatic heterocycles. The van der Waals surface area contributed by atoms with Crippen LogP contribution in [0.1, 0.15) is 11.1 Å². The van der Waals surface area contributed by atoms with Crippen LogP contribution in [0.4, 0.5) is 0 Å². The van der Waals surface area contributed by atoms with Crippen LogP contribution >= 0.6 is 23.2 Å². The highest BCUT2D eigenvalue weighted by Gasteiger charge is 2.17. The molecule has 0 atom stereocenters. The van der Waals surface area contributed by atoms with Crippen molar-refractivity contribution in [3.63, 3.8) is 0 Å². The van der Waals surface area contributed by atoms with E-state index in [2.05, 4.69) is 0 Å². The topological polar surface area (TPSA) is 89.6 Å². The number of nitrogens with two attached hydrogens (primary N) is 1. The first kappa shape index (κ1) is 18.0. The molecule has 0 radical (unpaired) electrons. The molecule has 124 valence electrons. The van der Waals surface area contributed by atoms with Crippen LogP contribution in [0.2, 0.25) is 10.0 Å². The normalized spacial score (nSPS) is 11.5. The maximum absolute atomic E-state index is 11.4. The summed E-state index contributed by atoms with van der Waals surface area (Å²) >= 11 is 11.9. The Hall–Kier alpha value is -1.31. The third-order valence-electron chi connectivity index (χ3n) is 3.21. The number of sulfonamides is 1. The first-order chi connectivity index (χ1) is 10.8. The molecule has 0 saturated heterocycles. The van der Waals surface area contributed by atoms with Gasteiger partial charge in [0.1, 0.15) is 10.6 Å². The largest absolute Gasteiger partial charge is 0.492 e. The monoisotopic (exact) mass is 375 g/mol. The van der Waals surface area contributed by atoms with Crippen molar-refractivity contribution in [3.05, 3.63) is 57.6 Å². The molecule has 0 heterocycles. The second-order valence-corrected chi connectivity index (χ2v) is 7.13. The minimum atomic E-state index is -3.94. The molecule has 2 aromatic rings. The van der Waals surface area contributed by atoms with Crippen molar-refractivity contribution in [2.75, 3.05) is 6.61 Å². The van der Waals surface area contributed by atoms with Crippen LogP contribution in [-0.2, 0) is 23.1 Å². The molecule has 23 heavy (non-hydrogen) atoms. The summed E-state index contributed by atoms with van der Waals surface area (Å²) in [6.45, 7) is 0.244. The Kier molecular flexibility index (Phi) is 5.89. The van der Waals surface area contributed by atoms with Crippen molar-refractivity contribution in [1.82, 2.24) is 0 Å². The smallest absolute Gasteiger partial charge is 0.239 e. The Balaban J connectivity index is 2.11. The number of benzene rings is 2. The average Bonchev–Trinajstić information content (AvgIpc) is 2.49. The Morgan fingerprint density at radius 1 is 1.09 bits per heavy atom. The second-order valence-electron chi connectivity index (χ2n) is 4.78. The molecule has 0 bridgehead atoms. The molecular formula is C15H15Cl2NO4S. The average molecular weight is 376 g/mol. The van der Waals surface area contributed by atoms with Crippen molar-refractivity contribution in [2.45, 2.75) is 17.9 Å². The first-order valence-corrected chi connectivity index (χ1v) is 8.95. The van der Waals surface area contributed by atoms with E-state index in [1.807, 2.05) is 24.3 Å². The standard InChI is InChI=1S/C15H15Cl2NO4S/c16-12-8-15(23(18,20)21)13(17)7-14(12)22-6-5-10-3-1-2-4-11(10)9-19/h1-4,7-8,19H,5-6,9H2,(H2,18,20,21). The van der Waals surface area contributed by atoms with Crippen LogP contribution in [0.15, 0.2) is 41.3 Å². The van der Waals surface area contributed by atoms with Gasteiger partial charge in [-0.3, -0.25) is 0 Å². The van der Waals surface area contributed by atoms with Crippen molar-refractivity contribution in [3.8, 4) is 5.75 Å². The Morgan fingerprint density at radius 2 is 1.74 bits per heavy atom. The van der Waals surface area contributed by atoms with E-state index < -0.39 is 10.0 Å². The fourth-order valence-corrected chi connectivity index (χ4v) is 3.44. The van der Waals surface area contributed by atoms with Gasteiger partial charge in [-0.05, 0) is 17.2 Å². The van der Waals surface area contributed by atoms with Gasteiger partial charge in [-0.2, -0.15) is 0 Å². The van der Waals surface area contributed by atoms with E-state index in [0.29, 0.717) is 13.0 Å². The van der Waals surface area contributed by atoms with Crippen LogP contribution < -0.4 is 9.88 Å². The highest BCUT2D eigenvalue weighted by atomic mass is 35.5. The van der Waals surface area contributed by atoms with Gasteiger partial charge in [-0.1, -0.05) is 47.5 Å². The number of aliphatic hydroxyl groups is 1. The molecule has 0 aliphatic heterocycles. The number of hydrogen-bond acceptors (Lipinski definition) is 4. The van der Waals surface area contributed by atoms with Crippen molar-refractivity contribution >= 4 is 33.2 Å². The predicted molar refractivity (Wildman–Crippen MR) is 89.4 cm³/mol. The number of aliphatic hydroxyl groups excluding tert-OH is 1. The fraction of sp³-hybridized carbons (Fsp3) is 0.200. The van der Waals surface area contributed by atoms with Gasteiger partial charge in [0.15, 0.2) is 0 Å². The minimum Gasteiger partial charge on any atom is -0.492 e. The zero-order chi connectivity index (χ0) is 17.0. The molecule has 0 spiro atoms. The third kappa shape index (κ3) is 4.59. The zero-order valence-electron chi connectivity index (χ0n) is 12.0. The summed E-state index contributed by atoms with van der Waals surface area (Å²) < 4.78 is 28.3. The quantitative estimate of drug-likeness (QED) is 0.811. The van der Waals surface area contributed by atoms with Gasteiger partial charge in [0.05, 0.1) is 23.3 Å². The van der Waals surface area contributed by atoms with Gasteiger partial charge >= 0.3 is 0 Å². The van der Waals surface area contributed by atoms with E-state index in [0.717, 1.165) is 17.2 Å². The second kappa shape index (κ2) is 7.51. The Labute approximate surface area is 144 Å². The number of rotatable bonds is 6. The highest BCUT2D eigenvalue weighted by molar-refractivity contribution is 7.89. The van der Waals surface area contributed by atoms with Gasteiger partial charge < -0.3 is 9.84 Å². The number of halogens is 2. The minimum absolute atomic E-state index is 0.0498. The highest BCUT2D eigenvalue weighted by Crippen LogP contribution is 2.33. The first-order valence-electron chi connectivity index (χ1n) is 6.65. The Bertz CT molecular complexity index is 809. The molecule has 0 amide bonds. The molecule has 0 aliphatic rings. The SMILES string of the molecule is NS(=O)(=O)c1cc(Cl)c(OCCc2ccccc2CO)cc1Cl. The molecule has 2 aromatic carbocycles. The van der Waals surface area contributed by atoms with Crippen LogP contribution in [0, 0.1) is 0 Å². The number of hydrogen-bond donors (Lipinski definition) is 2. The van der Waals surface area contributed by atoms with E-state index in [-0.39, 0.29) is 27.3 Å². The lowest BCUT2D eigenvalue weighted by Crippen LogP contribution is -2.13. The molecule has 0 fully saturated rings. The molecule has 8 heteroatoms. The summed E-state index contributed by atoms with van der Waals surface area (Å²) in [4.78, 5) is -0.248. The van der Waals surface area contributed by atoms with E-state index in [1.165, 1.54) is 6.07 Å². The molecular weight excluding hydrogens is 361 g/mol. The van der Waals surface area contributed by atoms with Gasteiger partial charge in [0.25, 0.3) is 0 Å². The molecule has 5 nitrogen and oxygen atoms in total. The maximum Gasteiger partial charge on any atom is 0.239 e. The van der Waals surface area contributed by atoms with Gasteiger partial charge in [-0.25, -0.2) is 13.6 Å². The maximum atomic E-state index is 11.4. The lowest BCUT2D eigenvalue weighted by atomic mass is 10.1. The third-order valence-corrected chi connectivity index (χ3v) is 4.88. The summed E-state index contributed by atoms with van der Waals surface area (Å²) in [5.41, 5.74) is 1.78. The summed E-state index contributed by atoms with van der Waals surface area (Å²) in [6, 6.07) is 9.93. The molecule has 0 aliphatic carbocycles. The summed E-state index contributed by atoms with van der Waals surface area (Å²) in [7, 11) is -3.94. The summed E-state index contributed by atoms with van der Waals surface area (Å²) in [5.74, 6) is 0.269. The fourth-order valence-electron chi connectivity index (χ4n) is 2.07. The molecule has 2 rings (SSSR count). The van der Waals surface area contributed by atoms with Crippen LogP contribution in [0.25, 0.3) is 0 Å². The summed E-state index contributed by atoms with van der Waals surface area (Å²) in [5, 5.41) is 14.4. The Morgan fingerprint density at radius 3 is 2.35 bits per heavy atom. The van der Waals surface area contributed by atoms with Gasteiger partial charge in [-0.15, -0.1) is 0 Å². The van der Waals surface area contributed by atoms with E-state index >= 15 is 0 Å². The lowest BCUT2D eigenvalue weighted by molar-refractivity contribution is 0.278. The van der Waals surface area contributed by atoms with Crippen molar-refractivity contribution in [1.29, 1.82) is 0 Å². The molecule has 0 unspecified atom stereocenters. The zero-order valence-corrected chi connectivity index (χ0v) is 14.3. The molecule has 3 N–H and O–H groups in total. The predicted octanol–water partition coefficient (Wildman–Crippen LogP) is 2.75. The lowest BCUT2D eigenvalue weighted by Gasteiger charge is -2.12. The summed E-state index contributed by atoms with van der Waals surface area (Å²) in [6.07, 6.45) is 0.557. The van der Waals surface area contributed by atoms with Crippen LogP contribution in [0.3, 0.4) is 0 Å². The molecule has 0 saturated carbocycles. The number of ether oxygens (including phenoxy) is 1. The van der Waals surface area contributed by atoms with Crippen molar-refractivity contribution in [2.24, 2.45) is 5.14 Å². The number of primary sulfonamides is 1. The van der Waals surface area contributed by atoms with Crippen molar-refractivity contribution < 1.29 is 18.3 Å². The van der Waals surface area contributed by atoms with Crippen LogP contribution in [0.5, 0.6) is 5.75 Å². The van der Waals surface area contributed by atoms with Crippen LogP contribution in [-0.4, -0.2) is 20.1 Å². The van der Waals surface area contributed by atoms with E-state index in [9.17, 15) is 13.5 Å². The van der Waals surface area contributed by atoms with Gasteiger partial charge in [0.2, 0.25) is 10.0 Å².